The number of amides is 1. The quantitative estimate of drug-likeness (QED) is 0.642. The van der Waals surface area contributed by atoms with Crippen LogP contribution >= 0.6 is 0 Å². The molecule has 30 heavy (non-hydrogen) atoms. The van der Waals surface area contributed by atoms with Crippen molar-refractivity contribution >= 4 is 16.8 Å². The molecule has 3 atom stereocenters. The fourth-order valence-corrected chi connectivity index (χ4v) is 3.44. The summed E-state index contributed by atoms with van der Waals surface area (Å²) in [5.74, 6) is -0.137. The van der Waals surface area contributed by atoms with E-state index in [0.717, 1.165) is 22.9 Å². The standard InChI is InChI=1S/C22H20F3N3O2/c1-13(15-6-7-20(27-10-15)30-12-22(23,24)25)28-21(29)18-9-17(18)16-8-14-4-2-3-5-19(14)26-11-16/h2-8,10-11,13,17-18H,9,12H2,1H3,(H,28,29)/t13-,17?,18?/m1/s1. The van der Waals surface area contributed by atoms with Crippen LogP contribution in [0.1, 0.15) is 36.4 Å². The highest BCUT2D eigenvalue weighted by atomic mass is 19.4. The topological polar surface area (TPSA) is 64.1 Å². The van der Waals surface area contributed by atoms with E-state index in [1.165, 1.54) is 12.3 Å². The number of carbonyl (C=O) groups excluding carboxylic acids is 1. The summed E-state index contributed by atoms with van der Waals surface area (Å²) >= 11 is 0. The van der Waals surface area contributed by atoms with Crippen LogP contribution in [0.5, 0.6) is 5.88 Å². The first-order valence-corrected chi connectivity index (χ1v) is 9.61. The number of carbonyl (C=O) groups is 1. The monoisotopic (exact) mass is 415 g/mol. The number of pyridine rings is 2. The number of para-hydroxylation sites is 1. The predicted molar refractivity (Wildman–Crippen MR) is 105 cm³/mol. The molecule has 5 nitrogen and oxygen atoms in total. The van der Waals surface area contributed by atoms with Crippen LogP contribution in [0.3, 0.4) is 0 Å². The largest absolute Gasteiger partial charge is 0.468 e. The number of fused-ring (bicyclic) bond motifs is 1. The zero-order valence-electron chi connectivity index (χ0n) is 16.2. The maximum absolute atomic E-state index is 12.6. The summed E-state index contributed by atoms with van der Waals surface area (Å²) in [5.41, 5.74) is 2.66. The fraction of sp³-hybridized carbons (Fsp3) is 0.318. The summed E-state index contributed by atoms with van der Waals surface area (Å²) in [5, 5.41) is 4.00. The molecular weight excluding hydrogens is 395 g/mol. The summed E-state index contributed by atoms with van der Waals surface area (Å²) < 4.78 is 41.2. The first-order valence-electron chi connectivity index (χ1n) is 9.61. The molecule has 1 fully saturated rings. The maximum Gasteiger partial charge on any atom is 0.422 e. The summed E-state index contributed by atoms with van der Waals surface area (Å²) in [7, 11) is 0. The molecule has 2 aromatic heterocycles. The SMILES string of the molecule is C[C@@H](NC(=O)C1CC1c1cnc2ccccc2c1)c1ccc(OCC(F)(F)F)nc1. The second kappa shape index (κ2) is 7.93. The Morgan fingerprint density at radius 3 is 2.73 bits per heavy atom. The molecule has 8 heteroatoms. The Balaban J connectivity index is 1.33. The molecular formula is C22H20F3N3O2. The van der Waals surface area contributed by atoms with Gasteiger partial charge in [-0.15, -0.1) is 0 Å². The molecule has 3 aromatic rings. The third-order valence-electron chi connectivity index (χ3n) is 5.17. The number of aromatic nitrogens is 2. The first kappa shape index (κ1) is 20.1. The van der Waals surface area contributed by atoms with Crippen LogP contribution in [0.4, 0.5) is 13.2 Å². The predicted octanol–water partition coefficient (Wildman–Crippen LogP) is 4.55. The van der Waals surface area contributed by atoms with Crippen LogP contribution in [-0.2, 0) is 4.79 Å². The van der Waals surface area contributed by atoms with Gasteiger partial charge in [0.2, 0.25) is 11.8 Å². The number of rotatable bonds is 6. The van der Waals surface area contributed by atoms with E-state index in [4.69, 9.17) is 0 Å². The molecule has 2 unspecified atom stereocenters. The number of halogens is 3. The van der Waals surface area contributed by atoms with Crippen molar-refractivity contribution in [1.82, 2.24) is 15.3 Å². The molecule has 1 aromatic carbocycles. The van der Waals surface area contributed by atoms with Crippen molar-refractivity contribution in [2.45, 2.75) is 31.5 Å². The average molecular weight is 415 g/mol. The summed E-state index contributed by atoms with van der Waals surface area (Å²) in [4.78, 5) is 21.0. The van der Waals surface area contributed by atoms with Crippen LogP contribution in [0.25, 0.3) is 10.9 Å². The molecule has 156 valence electrons. The zero-order valence-corrected chi connectivity index (χ0v) is 16.2. The molecule has 0 bridgehead atoms. The van der Waals surface area contributed by atoms with Gasteiger partial charge in [-0.1, -0.05) is 24.3 Å². The van der Waals surface area contributed by atoms with Crippen molar-refractivity contribution < 1.29 is 22.7 Å². The lowest BCUT2D eigenvalue weighted by molar-refractivity contribution is -0.154. The van der Waals surface area contributed by atoms with E-state index >= 15 is 0 Å². The number of hydrogen-bond acceptors (Lipinski definition) is 4. The van der Waals surface area contributed by atoms with Gasteiger partial charge in [0.05, 0.1) is 11.6 Å². The van der Waals surface area contributed by atoms with Gasteiger partial charge in [-0.3, -0.25) is 9.78 Å². The molecule has 1 amide bonds. The summed E-state index contributed by atoms with van der Waals surface area (Å²) in [6.07, 6.45) is -0.411. The fourth-order valence-electron chi connectivity index (χ4n) is 3.44. The number of hydrogen-bond donors (Lipinski definition) is 1. The number of benzene rings is 1. The van der Waals surface area contributed by atoms with Crippen LogP contribution < -0.4 is 10.1 Å². The van der Waals surface area contributed by atoms with Crippen molar-refractivity contribution in [3.63, 3.8) is 0 Å². The number of nitrogens with one attached hydrogen (secondary N) is 1. The molecule has 4 rings (SSSR count). The molecule has 1 aliphatic rings. The van der Waals surface area contributed by atoms with Crippen LogP contribution in [0.15, 0.2) is 54.9 Å². The molecule has 1 aliphatic carbocycles. The molecule has 1 N–H and O–H groups in total. The number of ether oxygens (including phenoxy) is 1. The molecule has 0 aliphatic heterocycles. The van der Waals surface area contributed by atoms with Crippen molar-refractivity contribution in [3.05, 3.63) is 66.0 Å². The van der Waals surface area contributed by atoms with E-state index in [1.807, 2.05) is 30.5 Å². The van der Waals surface area contributed by atoms with Gasteiger partial charge in [-0.25, -0.2) is 4.98 Å². The molecule has 0 radical (unpaired) electrons. The number of nitrogens with zero attached hydrogens (tertiary/aromatic N) is 2. The van der Waals surface area contributed by atoms with Gasteiger partial charge in [0.15, 0.2) is 6.61 Å². The van der Waals surface area contributed by atoms with E-state index in [1.54, 1.807) is 13.0 Å². The minimum absolute atomic E-state index is 0.0574. The third kappa shape index (κ3) is 4.69. The average Bonchev–Trinajstić information content (AvgIpc) is 3.53. The lowest BCUT2D eigenvalue weighted by Crippen LogP contribution is -2.28. The highest BCUT2D eigenvalue weighted by molar-refractivity contribution is 5.84. The van der Waals surface area contributed by atoms with Crippen molar-refractivity contribution in [2.24, 2.45) is 5.92 Å². The molecule has 2 heterocycles. The van der Waals surface area contributed by atoms with Gasteiger partial charge >= 0.3 is 6.18 Å². The molecule has 0 spiro atoms. The molecule has 1 saturated carbocycles. The number of alkyl halides is 3. The van der Waals surface area contributed by atoms with Gasteiger partial charge in [-0.2, -0.15) is 13.2 Å². The van der Waals surface area contributed by atoms with E-state index in [9.17, 15) is 18.0 Å². The maximum atomic E-state index is 12.6. The van der Waals surface area contributed by atoms with Crippen molar-refractivity contribution in [1.29, 1.82) is 0 Å². The van der Waals surface area contributed by atoms with E-state index in [-0.39, 0.29) is 29.7 Å². The Bertz CT molecular complexity index is 1050. The lowest BCUT2D eigenvalue weighted by atomic mass is 10.1. The second-order valence-corrected chi connectivity index (χ2v) is 7.47. The van der Waals surface area contributed by atoms with Crippen LogP contribution in [-0.4, -0.2) is 28.7 Å². The summed E-state index contributed by atoms with van der Waals surface area (Å²) in [6.45, 7) is 0.415. The zero-order chi connectivity index (χ0) is 21.3. The second-order valence-electron chi connectivity index (χ2n) is 7.47. The van der Waals surface area contributed by atoms with Gasteiger partial charge in [-0.05, 0) is 42.5 Å². The Morgan fingerprint density at radius 2 is 2.00 bits per heavy atom. The van der Waals surface area contributed by atoms with Crippen LogP contribution in [0.2, 0.25) is 0 Å². The van der Waals surface area contributed by atoms with Gasteiger partial charge in [0, 0.05) is 29.8 Å². The van der Waals surface area contributed by atoms with Crippen molar-refractivity contribution in [3.8, 4) is 5.88 Å². The van der Waals surface area contributed by atoms with Gasteiger partial charge in [0.25, 0.3) is 0 Å². The minimum Gasteiger partial charge on any atom is -0.468 e. The van der Waals surface area contributed by atoms with E-state index < -0.39 is 12.8 Å². The Labute approximate surface area is 171 Å². The Hall–Kier alpha value is -3.16. The third-order valence-corrected chi connectivity index (χ3v) is 5.17. The summed E-state index contributed by atoms with van der Waals surface area (Å²) in [6, 6.07) is 12.6. The van der Waals surface area contributed by atoms with Crippen molar-refractivity contribution in [2.75, 3.05) is 6.61 Å². The van der Waals surface area contributed by atoms with Gasteiger partial charge < -0.3 is 10.1 Å². The van der Waals surface area contributed by atoms with Crippen LogP contribution in [0, 0.1) is 5.92 Å². The minimum atomic E-state index is -4.41. The Morgan fingerprint density at radius 1 is 1.20 bits per heavy atom. The smallest absolute Gasteiger partial charge is 0.422 e. The first-order chi connectivity index (χ1) is 14.3. The van der Waals surface area contributed by atoms with E-state index in [2.05, 4.69) is 26.1 Å². The van der Waals surface area contributed by atoms with Gasteiger partial charge in [0.1, 0.15) is 0 Å². The molecule has 0 saturated heterocycles. The lowest BCUT2D eigenvalue weighted by Gasteiger charge is -2.15. The normalized spacial score (nSPS) is 19.3. The highest BCUT2D eigenvalue weighted by Crippen LogP contribution is 2.48. The van der Waals surface area contributed by atoms with E-state index in [0.29, 0.717) is 5.56 Å². The Kier molecular flexibility index (Phi) is 5.32. The highest BCUT2D eigenvalue weighted by Gasteiger charge is 2.44.